The molecule has 0 atom stereocenters. The van der Waals surface area contributed by atoms with Crippen LogP contribution in [-0.2, 0) is 11.3 Å². The third-order valence-corrected chi connectivity index (χ3v) is 3.15. The topological polar surface area (TPSA) is 62.6 Å². The zero-order chi connectivity index (χ0) is 15.9. The number of carbonyl (C=O) groups excluding carboxylic acids is 1. The first-order valence-corrected chi connectivity index (χ1v) is 7.26. The van der Waals surface area contributed by atoms with Crippen molar-refractivity contribution in [2.45, 2.75) is 20.0 Å². The SMILES string of the molecule is CCCOC(=O)c1cccc(OC)c1COc1ccn(S)n1. The molecular formula is C15H18N2O4S. The van der Waals surface area contributed by atoms with Crippen LogP contribution in [0.5, 0.6) is 11.6 Å². The van der Waals surface area contributed by atoms with E-state index in [0.29, 0.717) is 29.4 Å². The molecule has 0 aliphatic carbocycles. The highest BCUT2D eigenvalue weighted by Crippen LogP contribution is 2.24. The summed E-state index contributed by atoms with van der Waals surface area (Å²) in [5.74, 6) is 0.587. The molecule has 0 amide bonds. The highest BCUT2D eigenvalue weighted by molar-refractivity contribution is 7.78. The molecule has 1 aromatic carbocycles. The van der Waals surface area contributed by atoms with Crippen LogP contribution in [0.4, 0.5) is 0 Å². The number of ether oxygens (including phenoxy) is 3. The van der Waals surface area contributed by atoms with E-state index in [2.05, 4.69) is 17.9 Å². The first-order chi connectivity index (χ1) is 10.7. The second kappa shape index (κ2) is 7.74. The Kier molecular flexibility index (Phi) is 5.71. The zero-order valence-electron chi connectivity index (χ0n) is 12.5. The molecule has 0 aliphatic heterocycles. The molecule has 0 bridgehead atoms. The van der Waals surface area contributed by atoms with Gasteiger partial charge in [-0.05, 0) is 31.4 Å². The van der Waals surface area contributed by atoms with Crippen LogP contribution in [0.1, 0.15) is 29.3 Å². The summed E-state index contributed by atoms with van der Waals surface area (Å²) in [7, 11) is 1.54. The maximum atomic E-state index is 12.1. The number of carbonyl (C=O) groups is 1. The van der Waals surface area contributed by atoms with Crippen molar-refractivity contribution in [3.05, 3.63) is 41.6 Å². The molecule has 0 saturated carbocycles. The van der Waals surface area contributed by atoms with Crippen molar-refractivity contribution < 1.29 is 19.0 Å². The highest BCUT2D eigenvalue weighted by atomic mass is 32.1. The van der Waals surface area contributed by atoms with E-state index < -0.39 is 0 Å². The maximum Gasteiger partial charge on any atom is 0.338 e. The van der Waals surface area contributed by atoms with Gasteiger partial charge in [0.1, 0.15) is 12.4 Å². The Morgan fingerprint density at radius 2 is 2.18 bits per heavy atom. The number of hydrogen-bond donors (Lipinski definition) is 1. The molecule has 0 saturated heterocycles. The van der Waals surface area contributed by atoms with E-state index in [4.69, 9.17) is 14.2 Å². The number of aromatic nitrogens is 2. The summed E-state index contributed by atoms with van der Waals surface area (Å²) in [4.78, 5) is 12.1. The van der Waals surface area contributed by atoms with Gasteiger partial charge >= 0.3 is 5.97 Å². The predicted octanol–water partition coefficient (Wildman–Crippen LogP) is 2.73. The molecule has 2 rings (SSSR count). The maximum absolute atomic E-state index is 12.1. The molecule has 22 heavy (non-hydrogen) atoms. The fourth-order valence-corrected chi connectivity index (χ4v) is 2.05. The molecule has 118 valence electrons. The van der Waals surface area contributed by atoms with E-state index in [1.54, 1.807) is 37.6 Å². The van der Waals surface area contributed by atoms with Gasteiger partial charge in [-0.2, -0.15) is 0 Å². The lowest BCUT2D eigenvalue weighted by Gasteiger charge is -2.13. The minimum absolute atomic E-state index is 0.144. The van der Waals surface area contributed by atoms with Gasteiger partial charge in [-0.3, -0.25) is 0 Å². The number of benzene rings is 1. The lowest BCUT2D eigenvalue weighted by Crippen LogP contribution is -2.12. The Morgan fingerprint density at radius 1 is 1.36 bits per heavy atom. The van der Waals surface area contributed by atoms with Crippen LogP contribution in [0, 0.1) is 0 Å². The normalized spacial score (nSPS) is 10.3. The number of hydrogen-bond acceptors (Lipinski definition) is 6. The molecule has 1 heterocycles. The Hall–Kier alpha value is -2.15. The highest BCUT2D eigenvalue weighted by Gasteiger charge is 2.17. The van der Waals surface area contributed by atoms with E-state index in [1.165, 1.54) is 4.09 Å². The van der Waals surface area contributed by atoms with Crippen LogP contribution in [0.3, 0.4) is 0 Å². The van der Waals surface area contributed by atoms with Gasteiger partial charge in [-0.15, -0.1) is 5.10 Å². The standard InChI is InChI=1S/C15H18N2O4S/c1-3-9-20-15(18)11-5-4-6-13(19-2)12(11)10-21-14-7-8-17(22)16-14/h4-8,22H,3,9-10H2,1-2H3. The van der Waals surface area contributed by atoms with Gasteiger partial charge in [-0.25, -0.2) is 8.88 Å². The minimum atomic E-state index is -0.390. The number of rotatable bonds is 7. The minimum Gasteiger partial charge on any atom is -0.496 e. The first-order valence-electron chi connectivity index (χ1n) is 6.86. The fraction of sp³-hybridized carbons (Fsp3) is 0.333. The van der Waals surface area contributed by atoms with Crippen molar-refractivity contribution in [3.8, 4) is 11.6 Å². The van der Waals surface area contributed by atoms with E-state index in [0.717, 1.165) is 6.42 Å². The van der Waals surface area contributed by atoms with Gasteiger partial charge in [0.25, 0.3) is 0 Å². The Labute approximate surface area is 134 Å². The van der Waals surface area contributed by atoms with E-state index in [9.17, 15) is 4.79 Å². The summed E-state index contributed by atoms with van der Waals surface area (Å²) in [6.07, 6.45) is 2.41. The van der Waals surface area contributed by atoms with Gasteiger partial charge in [0, 0.05) is 17.8 Å². The van der Waals surface area contributed by atoms with Crippen LogP contribution in [0.15, 0.2) is 30.5 Å². The molecule has 2 aromatic rings. The molecule has 1 aromatic heterocycles. The van der Waals surface area contributed by atoms with E-state index in [1.807, 2.05) is 6.92 Å². The Morgan fingerprint density at radius 3 is 2.82 bits per heavy atom. The van der Waals surface area contributed by atoms with E-state index >= 15 is 0 Å². The van der Waals surface area contributed by atoms with Gasteiger partial charge in [0.15, 0.2) is 0 Å². The lowest BCUT2D eigenvalue weighted by molar-refractivity contribution is 0.0501. The molecule has 0 unspecified atom stereocenters. The average molecular weight is 322 g/mol. The number of thiol groups is 1. The lowest BCUT2D eigenvalue weighted by atomic mass is 10.1. The van der Waals surface area contributed by atoms with Crippen molar-refractivity contribution in [1.29, 1.82) is 0 Å². The molecule has 7 heteroatoms. The molecule has 0 spiro atoms. The van der Waals surface area contributed by atoms with Crippen LogP contribution >= 0.6 is 12.8 Å². The first kappa shape index (κ1) is 16.2. The van der Waals surface area contributed by atoms with Crippen LogP contribution in [0.25, 0.3) is 0 Å². The number of esters is 1. The summed E-state index contributed by atoms with van der Waals surface area (Å²) in [5.41, 5.74) is 1.05. The van der Waals surface area contributed by atoms with Gasteiger partial charge in [0.05, 0.1) is 19.3 Å². The molecule has 0 radical (unpaired) electrons. The predicted molar refractivity (Wildman–Crippen MR) is 84.5 cm³/mol. The number of nitrogens with zero attached hydrogens (tertiary/aromatic N) is 2. The quantitative estimate of drug-likeness (QED) is 0.627. The molecular weight excluding hydrogens is 304 g/mol. The smallest absolute Gasteiger partial charge is 0.338 e. The summed E-state index contributed by atoms with van der Waals surface area (Å²) in [6.45, 7) is 2.46. The van der Waals surface area contributed by atoms with Crippen molar-refractivity contribution in [2.24, 2.45) is 0 Å². The van der Waals surface area contributed by atoms with Crippen molar-refractivity contribution in [2.75, 3.05) is 13.7 Å². The summed E-state index contributed by atoms with van der Waals surface area (Å²) < 4.78 is 17.4. The van der Waals surface area contributed by atoms with Crippen LogP contribution in [0.2, 0.25) is 0 Å². The Balaban J connectivity index is 2.20. The number of methoxy groups -OCH3 is 1. The van der Waals surface area contributed by atoms with Gasteiger partial charge < -0.3 is 14.2 Å². The van der Waals surface area contributed by atoms with Gasteiger partial charge in [0.2, 0.25) is 5.88 Å². The summed E-state index contributed by atoms with van der Waals surface area (Å²) >= 11 is 4.04. The largest absolute Gasteiger partial charge is 0.496 e. The van der Waals surface area contributed by atoms with Crippen LogP contribution < -0.4 is 9.47 Å². The van der Waals surface area contributed by atoms with Crippen molar-refractivity contribution in [3.63, 3.8) is 0 Å². The summed E-state index contributed by atoms with van der Waals surface area (Å²) in [6, 6.07) is 6.88. The molecule has 0 N–H and O–H groups in total. The third kappa shape index (κ3) is 3.94. The zero-order valence-corrected chi connectivity index (χ0v) is 13.4. The van der Waals surface area contributed by atoms with Crippen molar-refractivity contribution >= 4 is 18.8 Å². The fourth-order valence-electron chi connectivity index (χ4n) is 1.89. The third-order valence-electron chi connectivity index (χ3n) is 2.93. The van der Waals surface area contributed by atoms with Crippen molar-refractivity contribution in [1.82, 2.24) is 9.19 Å². The Bertz CT molecular complexity index is 642. The second-order valence-corrected chi connectivity index (χ2v) is 4.90. The van der Waals surface area contributed by atoms with Gasteiger partial charge in [-0.1, -0.05) is 13.0 Å². The van der Waals surface area contributed by atoms with Crippen LogP contribution in [-0.4, -0.2) is 28.9 Å². The average Bonchev–Trinajstić information content (AvgIpc) is 2.95. The second-order valence-electron chi connectivity index (χ2n) is 4.49. The molecule has 0 aliphatic rings. The van der Waals surface area contributed by atoms with E-state index in [-0.39, 0.29) is 12.6 Å². The molecule has 6 nitrogen and oxygen atoms in total. The monoisotopic (exact) mass is 322 g/mol. The molecule has 0 fully saturated rings. The summed E-state index contributed by atoms with van der Waals surface area (Å²) in [5, 5.41) is 4.01.